The van der Waals surface area contributed by atoms with Crippen molar-refractivity contribution < 1.29 is 14.3 Å². The first kappa shape index (κ1) is 28.2. The molecule has 0 N–H and O–H groups in total. The highest BCUT2D eigenvalue weighted by atomic mass is 16.5. The van der Waals surface area contributed by atoms with E-state index in [0.29, 0.717) is 18.3 Å². The zero-order chi connectivity index (χ0) is 26.4. The lowest BCUT2D eigenvalue weighted by atomic mass is 9.82. The van der Waals surface area contributed by atoms with Crippen LogP contribution in [0.25, 0.3) is 5.57 Å². The Hall–Kier alpha value is -1.81. The van der Waals surface area contributed by atoms with Crippen LogP contribution in [0.15, 0.2) is 17.7 Å². The molecule has 206 valence electrons. The van der Waals surface area contributed by atoms with Gasteiger partial charge in [-0.15, -0.1) is 0 Å². The van der Waals surface area contributed by atoms with Crippen molar-refractivity contribution in [3.8, 4) is 11.5 Å². The summed E-state index contributed by atoms with van der Waals surface area (Å²) in [6.45, 7) is 14.6. The van der Waals surface area contributed by atoms with Crippen molar-refractivity contribution in [1.82, 2.24) is 4.90 Å². The molecule has 1 aromatic carbocycles. The lowest BCUT2D eigenvalue weighted by Crippen LogP contribution is -2.34. The number of likely N-dealkylation sites (tertiary alicyclic amines) is 1. The Morgan fingerprint density at radius 1 is 1.03 bits per heavy atom. The number of ether oxygens (including phenoxy) is 2. The van der Waals surface area contributed by atoms with E-state index in [2.05, 4.69) is 51.7 Å². The molecular formula is C33H51NO3. The smallest absolute Gasteiger partial charge is 0.311 e. The van der Waals surface area contributed by atoms with Gasteiger partial charge in [0, 0.05) is 6.42 Å². The molecule has 1 aromatic rings. The highest BCUT2D eigenvalue weighted by Crippen LogP contribution is 2.52. The predicted octanol–water partition coefficient (Wildman–Crippen LogP) is 8.68. The molecule has 0 aromatic heterocycles. The zero-order valence-electron chi connectivity index (χ0n) is 24.3. The third-order valence-corrected chi connectivity index (χ3v) is 9.12. The molecule has 4 rings (SSSR count). The van der Waals surface area contributed by atoms with E-state index in [0.717, 1.165) is 49.3 Å². The van der Waals surface area contributed by atoms with Crippen molar-refractivity contribution in [3.63, 3.8) is 0 Å². The maximum Gasteiger partial charge on any atom is 0.311 e. The monoisotopic (exact) mass is 509 g/mol. The topological polar surface area (TPSA) is 38.8 Å². The molecule has 0 bridgehead atoms. The first-order valence-electron chi connectivity index (χ1n) is 15.3. The van der Waals surface area contributed by atoms with Crippen molar-refractivity contribution in [3.05, 3.63) is 28.8 Å². The fourth-order valence-electron chi connectivity index (χ4n) is 6.63. The second-order valence-corrected chi connectivity index (χ2v) is 12.4. The molecule has 2 unspecified atom stereocenters. The van der Waals surface area contributed by atoms with Gasteiger partial charge in [0.25, 0.3) is 0 Å². The van der Waals surface area contributed by atoms with Gasteiger partial charge in [-0.1, -0.05) is 59.3 Å². The highest BCUT2D eigenvalue weighted by molar-refractivity contribution is 5.84. The summed E-state index contributed by atoms with van der Waals surface area (Å²) in [6.07, 6.45) is 14.9. The number of fused-ring (bicyclic) bond motifs is 2. The van der Waals surface area contributed by atoms with E-state index >= 15 is 0 Å². The Bertz CT molecular complexity index is 955. The lowest BCUT2D eigenvalue weighted by molar-refractivity contribution is -0.134. The Balaban J connectivity index is 1.53. The van der Waals surface area contributed by atoms with Gasteiger partial charge in [0.2, 0.25) is 0 Å². The minimum absolute atomic E-state index is 0.109. The van der Waals surface area contributed by atoms with Gasteiger partial charge in [0.05, 0.1) is 5.56 Å². The van der Waals surface area contributed by atoms with Gasteiger partial charge in [-0.05, 0) is 113 Å². The molecule has 0 saturated carbocycles. The number of allylic oxidation sites excluding steroid dienone is 1. The van der Waals surface area contributed by atoms with Crippen molar-refractivity contribution in [2.24, 2.45) is 5.92 Å². The summed E-state index contributed by atoms with van der Waals surface area (Å²) >= 11 is 0. The van der Waals surface area contributed by atoms with Crippen LogP contribution < -0.4 is 9.47 Å². The third kappa shape index (κ3) is 6.99. The van der Waals surface area contributed by atoms with Gasteiger partial charge in [-0.2, -0.15) is 0 Å². The van der Waals surface area contributed by atoms with Crippen molar-refractivity contribution in [2.45, 2.75) is 130 Å². The largest absolute Gasteiger partial charge is 0.483 e. The van der Waals surface area contributed by atoms with E-state index in [9.17, 15) is 4.79 Å². The number of unbranched alkanes of at least 4 members (excludes halogenated alkanes) is 2. The quantitative estimate of drug-likeness (QED) is 0.170. The first-order valence-corrected chi connectivity index (χ1v) is 15.3. The van der Waals surface area contributed by atoms with Gasteiger partial charge in [0.1, 0.15) is 17.1 Å². The number of hydrogen-bond acceptors (Lipinski definition) is 4. The predicted molar refractivity (Wildman–Crippen MR) is 153 cm³/mol. The Morgan fingerprint density at radius 2 is 1.78 bits per heavy atom. The second kappa shape index (κ2) is 12.8. The van der Waals surface area contributed by atoms with Crippen LogP contribution in [-0.2, 0) is 4.79 Å². The van der Waals surface area contributed by atoms with Crippen LogP contribution >= 0.6 is 0 Å². The molecule has 2 heterocycles. The maximum atomic E-state index is 13.1. The Kier molecular flexibility index (Phi) is 9.78. The number of benzene rings is 1. The number of carbonyl (C=O) groups excluding carboxylic acids is 1. The SMILES string of the molecule is CCCCCC(C)C(C)c1cc(OC(=O)CCCN2CCCCCC2)c2c(c1)OC(C)(C)C1=C2CCC1. The zero-order valence-corrected chi connectivity index (χ0v) is 24.3. The normalized spacial score (nSPS) is 21.0. The number of hydrogen-bond donors (Lipinski definition) is 0. The molecule has 37 heavy (non-hydrogen) atoms. The number of esters is 1. The van der Waals surface area contributed by atoms with Gasteiger partial charge < -0.3 is 14.4 Å². The summed E-state index contributed by atoms with van der Waals surface area (Å²) in [5.74, 6) is 2.48. The van der Waals surface area contributed by atoms with E-state index in [4.69, 9.17) is 9.47 Å². The van der Waals surface area contributed by atoms with Crippen molar-refractivity contribution in [2.75, 3.05) is 19.6 Å². The number of carbonyl (C=O) groups is 1. The Labute approximate surface area is 226 Å². The number of rotatable bonds is 11. The van der Waals surface area contributed by atoms with Crippen LogP contribution in [-0.4, -0.2) is 36.1 Å². The molecule has 0 amide bonds. The lowest BCUT2D eigenvalue weighted by Gasteiger charge is -2.36. The summed E-state index contributed by atoms with van der Waals surface area (Å²) in [6, 6.07) is 4.41. The van der Waals surface area contributed by atoms with E-state index in [-0.39, 0.29) is 11.6 Å². The molecule has 1 saturated heterocycles. The summed E-state index contributed by atoms with van der Waals surface area (Å²) in [4.78, 5) is 15.6. The molecule has 1 fully saturated rings. The average molecular weight is 510 g/mol. The number of nitrogens with zero attached hydrogens (tertiary/aromatic N) is 1. The first-order chi connectivity index (χ1) is 17.8. The molecule has 1 aliphatic carbocycles. The van der Waals surface area contributed by atoms with E-state index in [1.165, 1.54) is 81.2 Å². The second-order valence-electron chi connectivity index (χ2n) is 12.4. The summed E-state index contributed by atoms with van der Waals surface area (Å²) in [5.41, 5.74) is 4.71. The maximum absolute atomic E-state index is 13.1. The molecule has 4 heteroatoms. The fraction of sp³-hybridized carbons (Fsp3) is 0.727. The van der Waals surface area contributed by atoms with Crippen LogP contribution in [0.1, 0.15) is 135 Å². The van der Waals surface area contributed by atoms with Gasteiger partial charge >= 0.3 is 5.97 Å². The van der Waals surface area contributed by atoms with Crippen LogP contribution in [0.2, 0.25) is 0 Å². The van der Waals surface area contributed by atoms with Crippen molar-refractivity contribution in [1.29, 1.82) is 0 Å². The van der Waals surface area contributed by atoms with Gasteiger partial charge in [0.15, 0.2) is 0 Å². The molecular weight excluding hydrogens is 458 g/mol. The van der Waals surface area contributed by atoms with Crippen LogP contribution in [0.3, 0.4) is 0 Å². The molecule has 2 aliphatic heterocycles. The van der Waals surface area contributed by atoms with Crippen LogP contribution in [0, 0.1) is 5.92 Å². The standard InChI is InChI=1S/C33H51NO3/c1-6-7-10-15-24(2)25(3)26-22-29(36-31(35)18-14-21-34-19-11-8-9-12-20-34)32-27-16-13-17-28(27)33(4,5)37-30(32)23-26/h22-25H,6-21H2,1-5H3. The molecule has 0 radical (unpaired) electrons. The van der Waals surface area contributed by atoms with Crippen LogP contribution in [0.5, 0.6) is 11.5 Å². The summed E-state index contributed by atoms with van der Waals surface area (Å²) < 4.78 is 12.8. The highest BCUT2D eigenvalue weighted by Gasteiger charge is 2.39. The molecule has 3 aliphatic rings. The molecule has 4 nitrogen and oxygen atoms in total. The van der Waals surface area contributed by atoms with E-state index in [1.54, 1.807) is 0 Å². The van der Waals surface area contributed by atoms with Crippen LogP contribution in [0.4, 0.5) is 0 Å². The summed E-state index contributed by atoms with van der Waals surface area (Å²) in [7, 11) is 0. The summed E-state index contributed by atoms with van der Waals surface area (Å²) in [5, 5.41) is 0. The van der Waals surface area contributed by atoms with Gasteiger partial charge in [-0.3, -0.25) is 4.79 Å². The third-order valence-electron chi connectivity index (χ3n) is 9.12. The van der Waals surface area contributed by atoms with E-state index in [1.807, 2.05) is 0 Å². The fourth-order valence-corrected chi connectivity index (χ4v) is 6.63. The Morgan fingerprint density at radius 3 is 2.51 bits per heavy atom. The van der Waals surface area contributed by atoms with Gasteiger partial charge in [-0.25, -0.2) is 0 Å². The van der Waals surface area contributed by atoms with E-state index < -0.39 is 0 Å². The minimum Gasteiger partial charge on any atom is -0.483 e. The molecule has 0 spiro atoms. The molecule has 2 atom stereocenters. The average Bonchev–Trinajstić information content (AvgIpc) is 3.22. The van der Waals surface area contributed by atoms with Crippen molar-refractivity contribution >= 4 is 11.5 Å². The minimum atomic E-state index is -0.304.